The van der Waals surface area contributed by atoms with E-state index in [9.17, 15) is 10.1 Å². The fraction of sp³-hybridized carbons (Fsp3) is 0.300. The average Bonchev–Trinajstić information content (AvgIpc) is 3.52. The molecule has 7 nitrogen and oxygen atoms in total. The Morgan fingerprint density at radius 2 is 1.96 bits per heavy atom. The van der Waals surface area contributed by atoms with Crippen molar-refractivity contribution >= 4 is 22.4 Å². The van der Waals surface area contributed by atoms with Gasteiger partial charge in [-0.1, -0.05) is 30.3 Å². The maximum Gasteiger partial charge on any atom is 0.318 e. The summed E-state index contributed by atoms with van der Waals surface area (Å²) >= 11 is 0. The van der Waals surface area contributed by atoms with Crippen LogP contribution in [0.4, 0.5) is 11.5 Å². The van der Waals surface area contributed by atoms with Crippen LogP contribution in [0.1, 0.15) is 42.9 Å². The Morgan fingerprint density at radius 3 is 2.59 bits per heavy atom. The topological polar surface area (TPSA) is 90.2 Å². The highest BCUT2D eigenvalue weighted by molar-refractivity contribution is 5.92. The second-order valence-electron chi connectivity index (χ2n) is 6.80. The molecule has 7 heteroatoms. The summed E-state index contributed by atoms with van der Waals surface area (Å²) < 4.78 is 5.25. The van der Waals surface area contributed by atoms with E-state index in [1.807, 2.05) is 43.3 Å². The van der Waals surface area contributed by atoms with Crippen LogP contribution in [-0.2, 0) is 0 Å². The molecule has 0 saturated heterocycles. The van der Waals surface area contributed by atoms with Gasteiger partial charge >= 0.3 is 6.01 Å². The van der Waals surface area contributed by atoms with Gasteiger partial charge in [-0.3, -0.25) is 10.1 Å². The number of rotatable bonds is 6. The molecule has 0 aliphatic heterocycles. The molecule has 3 aromatic rings. The normalized spacial score (nSPS) is 14.7. The number of fused-ring (bicyclic) bond motifs is 1. The molecule has 0 bridgehead atoms. The van der Waals surface area contributed by atoms with Crippen LogP contribution in [0.25, 0.3) is 10.9 Å². The quantitative estimate of drug-likeness (QED) is 0.508. The van der Waals surface area contributed by atoms with Gasteiger partial charge in [0.2, 0.25) is 0 Å². The van der Waals surface area contributed by atoms with Gasteiger partial charge < -0.3 is 10.1 Å². The van der Waals surface area contributed by atoms with Crippen molar-refractivity contribution < 1.29 is 9.66 Å². The zero-order valence-corrected chi connectivity index (χ0v) is 15.2. The minimum Gasteiger partial charge on any atom is -0.467 e. The molecular weight excluding hydrogens is 344 g/mol. The average molecular weight is 364 g/mol. The third kappa shape index (κ3) is 3.40. The summed E-state index contributed by atoms with van der Waals surface area (Å²) in [5.74, 6) is 0.772. The van der Waals surface area contributed by atoms with E-state index in [-0.39, 0.29) is 28.6 Å². The highest BCUT2D eigenvalue weighted by Gasteiger charge is 2.32. The molecule has 138 valence electrons. The lowest BCUT2D eigenvalue weighted by Crippen LogP contribution is -2.10. The molecule has 1 saturated carbocycles. The van der Waals surface area contributed by atoms with E-state index in [1.165, 1.54) is 7.11 Å². The van der Waals surface area contributed by atoms with Gasteiger partial charge in [-0.2, -0.15) is 9.97 Å². The monoisotopic (exact) mass is 364 g/mol. The molecule has 0 amide bonds. The number of ether oxygens (including phenoxy) is 1. The smallest absolute Gasteiger partial charge is 0.318 e. The van der Waals surface area contributed by atoms with Gasteiger partial charge in [-0.25, -0.2) is 0 Å². The zero-order valence-electron chi connectivity index (χ0n) is 15.2. The lowest BCUT2D eigenvalue weighted by molar-refractivity contribution is -0.385. The maximum absolute atomic E-state index is 11.6. The van der Waals surface area contributed by atoms with Crippen LogP contribution in [0.3, 0.4) is 0 Å². The molecule has 27 heavy (non-hydrogen) atoms. The summed E-state index contributed by atoms with van der Waals surface area (Å²) in [6.07, 6.45) is 1.95. The summed E-state index contributed by atoms with van der Waals surface area (Å²) in [6.45, 7) is 2.02. The summed E-state index contributed by atoms with van der Waals surface area (Å²) in [6, 6.07) is 13.5. The van der Waals surface area contributed by atoms with E-state index in [1.54, 1.807) is 6.07 Å². The van der Waals surface area contributed by atoms with Gasteiger partial charge in [-0.15, -0.1) is 0 Å². The van der Waals surface area contributed by atoms with E-state index in [4.69, 9.17) is 4.74 Å². The standard InChI is InChI=1S/C20H20N4O3/c1-12(13-6-4-3-5-7-13)21-19-16-11-18(24(25)26)15(14-8-9-14)10-17(16)22-20(23-19)27-2/h3-7,10-12,14H,8-9H2,1-2H3,(H,21,22,23). The van der Waals surface area contributed by atoms with Crippen molar-refractivity contribution in [1.29, 1.82) is 0 Å². The van der Waals surface area contributed by atoms with Gasteiger partial charge in [0.15, 0.2) is 0 Å². The Labute approximate surface area is 156 Å². The van der Waals surface area contributed by atoms with Crippen molar-refractivity contribution in [2.75, 3.05) is 12.4 Å². The number of benzene rings is 2. The minimum atomic E-state index is -0.318. The molecule has 0 spiro atoms. The molecule has 1 aliphatic carbocycles. The third-order valence-electron chi connectivity index (χ3n) is 4.87. The Morgan fingerprint density at radius 1 is 1.22 bits per heavy atom. The molecule has 0 radical (unpaired) electrons. The van der Waals surface area contributed by atoms with E-state index >= 15 is 0 Å². The summed E-state index contributed by atoms with van der Waals surface area (Å²) in [5.41, 5.74) is 2.62. The zero-order chi connectivity index (χ0) is 19.0. The highest BCUT2D eigenvalue weighted by atomic mass is 16.6. The van der Waals surface area contributed by atoms with E-state index < -0.39 is 0 Å². The second-order valence-corrected chi connectivity index (χ2v) is 6.80. The highest BCUT2D eigenvalue weighted by Crippen LogP contribution is 2.46. The second kappa shape index (κ2) is 6.83. The molecule has 4 rings (SSSR count). The first kappa shape index (κ1) is 17.2. The predicted molar refractivity (Wildman–Crippen MR) is 103 cm³/mol. The molecular formula is C20H20N4O3. The first-order valence-electron chi connectivity index (χ1n) is 8.92. The number of nitro groups is 1. The Bertz CT molecular complexity index is 1000. The minimum absolute atomic E-state index is 0.0313. The molecule has 1 fully saturated rings. The van der Waals surface area contributed by atoms with E-state index in [0.29, 0.717) is 16.7 Å². The Kier molecular flexibility index (Phi) is 4.35. The van der Waals surface area contributed by atoms with Gasteiger partial charge in [0.25, 0.3) is 5.69 Å². The van der Waals surface area contributed by atoms with Crippen LogP contribution in [0.15, 0.2) is 42.5 Å². The van der Waals surface area contributed by atoms with Gasteiger partial charge in [0.1, 0.15) is 5.82 Å². The lowest BCUT2D eigenvalue weighted by Gasteiger charge is -2.17. The number of nitro benzene ring substituents is 1. The number of nitrogens with zero attached hydrogens (tertiary/aromatic N) is 3. The molecule has 1 N–H and O–H groups in total. The van der Waals surface area contributed by atoms with Crippen molar-refractivity contribution in [3.05, 3.63) is 63.7 Å². The number of hydrogen-bond acceptors (Lipinski definition) is 6. The van der Waals surface area contributed by atoms with Crippen LogP contribution in [0, 0.1) is 10.1 Å². The Balaban J connectivity index is 1.83. The Hall–Kier alpha value is -3.22. The van der Waals surface area contributed by atoms with Crippen molar-refractivity contribution in [2.24, 2.45) is 0 Å². The van der Waals surface area contributed by atoms with Crippen LogP contribution >= 0.6 is 0 Å². The van der Waals surface area contributed by atoms with E-state index in [0.717, 1.165) is 24.0 Å². The molecule has 1 atom stereocenters. The summed E-state index contributed by atoms with van der Waals surface area (Å²) in [5, 5.41) is 15.6. The van der Waals surface area contributed by atoms with Gasteiger partial charge in [-0.05, 0) is 37.3 Å². The fourth-order valence-corrected chi connectivity index (χ4v) is 3.27. The van der Waals surface area contributed by atoms with Crippen molar-refractivity contribution in [3.63, 3.8) is 0 Å². The van der Waals surface area contributed by atoms with Crippen molar-refractivity contribution in [3.8, 4) is 6.01 Å². The largest absolute Gasteiger partial charge is 0.467 e. The predicted octanol–water partition coefficient (Wildman–Crippen LogP) is 4.60. The number of anilines is 1. The molecule has 1 aromatic heterocycles. The lowest BCUT2D eigenvalue weighted by atomic mass is 10.0. The first-order chi connectivity index (χ1) is 13.1. The van der Waals surface area contributed by atoms with Crippen LogP contribution < -0.4 is 10.1 Å². The fourth-order valence-electron chi connectivity index (χ4n) is 3.27. The number of hydrogen-bond donors (Lipinski definition) is 1. The molecule has 1 unspecified atom stereocenters. The first-order valence-corrected chi connectivity index (χ1v) is 8.92. The summed E-state index contributed by atoms with van der Waals surface area (Å²) in [4.78, 5) is 20.1. The van der Waals surface area contributed by atoms with Crippen LogP contribution in [0.5, 0.6) is 6.01 Å². The van der Waals surface area contributed by atoms with E-state index in [2.05, 4.69) is 15.3 Å². The SMILES string of the molecule is COc1nc(NC(C)c2ccccc2)c2cc([N+](=O)[O-])c(C3CC3)cc2n1. The van der Waals surface area contributed by atoms with Crippen LogP contribution in [0.2, 0.25) is 0 Å². The van der Waals surface area contributed by atoms with Gasteiger partial charge in [0.05, 0.1) is 17.5 Å². The summed E-state index contributed by atoms with van der Waals surface area (Å²) in [7, 11) is 1.51. The molecule has 1 heterocycles. The third-order valence-corrected chi connectivity index (χ3v) is 4.87. The number of methoxy groups -OCH3 is 1. The van der Waals surface area contributed by atoms with Crippen molar-refractivity contribution in [2.45, 2.75) is 31.7 Å². The number of nitrogens with one attached hydrogen (secondary N) is 1. The maximum atomic E-state index is 11.6. The molecule has 1 aliphatic rings. The number of aromatic nitrogens is 2. The van der Waals surface area contributed by atoms with Crippen molar-refractivity contribution in [1.82, 2.24) is 9.97 Å². The van der Waals surface area contributed by atoms with Crippen LogP contribution in [-0.4, -0.2) is 22.0 Å². The molecule has 2 aromatic carbocycles. The van der Waals surface area contributed by atoms with Gasteiger partial charge in [0, 0.05) is 23.1 Å².